The summed E-state index contributed by atoms with van der Waals surface area (Å²) in [7, 11) is 0. The molecule has 2 fully saturated rings. The molecule has 2 atom stereocenters. The van der Waals surface area contributed by atoms with E-state index in [0.717, 1.165) is 32.4 Å². The lowest BCUT2D eigenvalue weighted by Crippen LogP contribution is -2.46. The number of hydrogen-bond acceptors (Lipinski definition) is 6. The van der Waals surface area contributed by atoms with Gasteiger partial charge >= 0.3 is 0 Å². The van der Waals surface area contributed by atoms with E-state index in [1.807, 2.05) is 0 Å². The second kappa shape index (κ2) is 6.52. The third kappa shape index (κ3) is 3.34. The van der Waals surface area contributed by atoms with Crippen LogP contribution in [0.4, 0.5) is 5.82 Å². The van der Waals surface area contributed by atoms with Crippen molar-refractivity contribution in [3.63, 3.8) is 0 Å². The molecule has 1 aromatic heterocycles. The van der Waals surface area contributed by atoms with E-state index in [4.69, 9.17) is 38.4 Å². The molecule has 0 bridgehead atoms. The van der Waals surface area contributed by atoms with Crippen LogP contribution in [0.1, 0.15) is 19.3 Å². The Morgan fingerprint density at radius 2 is 2.05 bits per heavy atom. The van der Waals surface area contributed by atoms with Gasteiger partial charge in [0.2, 0.25) is 5.28 Å². The molecule has 21 heavy (non-hydrogen) atoms. The minimum absolute atomic E-state index is 0.142. The summed E-state index contributed by atoms with van der Waals surface area (Å²) in [6, 6.07) is 0. The van der Waals surface area contributed by atoms with Crippen LogP contribution in [-0.2, 0) is 4.74 Å². The molecule has 0 amide bonds. The Hall–Kier alpha value is -0.820. The van der Waals surface area contributed by atoms with Crippen LogP contribution in [0, 0.1) is 5.92 Å². The summed E-state index contributed by atoms with van der Waals surface area (Å²) in [5, 5.41) is 0.398. The molecule has 116 valence electrons. The Morgan fingerprint density at radius 1 is 1.29 bits per heavy atom. The summed E-state index contributed by atoms with van der Waals surface area (Å²) in [5.74, 6) is 1.54. The Labute approximate surface area is 133 Å². The molecular formula is C13H18Cl2N4O2. The highest BCUT2D eigenvalue weighted by Gasteiger charge is 2.29. The van der Waals surface area contributed by atoms with Crippen LogP contribution < -0.4 is 15.4 Å². The standard InChI is InChI=1S/C13H18Cl2N4O2/c14-10-9(20-6-3-8-7-21-11(8)16)12(18-13(15)17-10)19-4-1-2-5-19/h8,11H,1-7,16H2. The number of halogens is 2. The van der Waals surface area contributed by atoms with Gasteiger partial charge in [-0.25, -0.2) is 4.98 Å². The van der Waals surface area contributed by atoms with Crippen molar-refractivity contribution in [2.24, 2.45) is 11.7 Å². The van der Waals surface area contributed by atoms with Gasteiger partial charge in [-0.05, 0) is 30.9 Å². The molecule has 2 saturated heterocycles. The maximum absolute atomic E-state index is 6.17. The largest absolute Gasteiger partial charge is 0.487 e. The van der Waals surface area contributed by atoms with Crippen molar-refractivity contribution in [3.8, 4) is 5.75 Å². The number of nitrogens with zero attached hydrogens (tertiary/aromatic N) is 3. The minimum atomic E-state index is -0.177. The van der Waals surface area contributed by atoms with Crippen LogP contribution in [0.3, 0.4) is 0 Å². The highest BCUT2D eigenvalue weighted by Crippen LogP contribution is 2.35. The molecule has 0 aromatic carbocycles. The number of nitrogens with two attached hydrogens (primary N) is 1. The van der Waals surface area contributed by atoms with Crippen molar-refractivity contribution < 1.29 is 9.47 Å². The zero-order chi connectivity index (χ0) is 14.8. The minimum Gasteiger partial charge on any atom is -0.487 e. The van der Waals surface area contributed by atoms with Crippen molar-refractivity contribution in [3.05, 3.63) is 10.4 Å². The van der Waals surface area contributed by atoms with Crippen LogP contribution in [0.2, 0.25) is 10.4 Å². The van der Waals surface area contributed by atoms with Gasteiger partial charge in [0, 0.05) is 19.0 Å². The molecular weight excluding hydrogens is 315 g/mol. The smallest absolute Gasteiger partial charge is 0.226 e. The molecule has 0 aliphatic carbocycles. The van der Waals surface area contributed by atoms with Crippen LogP contribution >= 0.6 is 23.2 Å². The van der Waals surface area contributed by atoms with E-state index in [-0.39, 0.29) is 16.7 Å². The molecule has 3 heterocycles. The van der Waals surface area contributed by atoms with Crippen molar-refractivity contribution in [2.45, 2.75) is 25.5 Å². The summed E-state index contributed by atoms with van der Waals surface area (Å²) in [4.78, 5) is 10.4. The van der Waals surface area contributed by atoms with E-state index in [1.165, 1.54) is 0 Å². The topological polar surface area (TPSA) is 73.5 Å². The van der Waals surface area contributed by atoms with Gasteiger partial charge in [0.1, 0.15) is 6.23 Å². The molecule has 2 N–H and O–H groups in total. The first-order chi connectivity index (χ1) is 10.1. The SMILES string of the molecule is NC1OCC1CCOc1c(Cl)nc(Cl)nc1N1CCCC1. The summed E-state index contributed by atoms with van der Waals surface area (Å²) in [6.45, 7) is 3.06. The lowest BCUT2D eigenvalue weighted by molar-refractivity contribution is -0.116. The highest BCUT2D eigenvalue weighted by atomic mass is 35.5. The molecule has 2 aliphatic rings. The third-order valence-corrected chi connectivity index (χ3v) is 4.31. The Bertz CT molecular complexity index is 511. The average molecular weight is 333 g/mol. The number of hydrogen-bond donors (Lipinski definition) is 1. The number of rotatable bonds is 5. The molecule has 6 nitrogen and oxygen atoms in total. The highest BCUT2D eigenvalue weighted by molar-refractivity contribution is 6.33. The normalized spacial score (nSPS) is 25.0. The maximum Gasteiger partial charge on any atom is 0.226 e. The van der Waals surface area contributed by atoms with Crippen molar-refractivity contribution in [1.29, 1.82) is 0 Å². The predicted octanol–water partition coefficient (Wildman–Crippen LogP) is 2.08. The Balaban J connectivity index is 1.70. The van der Waals surface area contributed by atoms with Crippen LogP contribution in [0.25, 0.3) is 0 Å². The molecule has 2 unspecified atom stereocenters. The van der Waals surface area contributed by atoms with Gasteiger partial charge in [0.15, 0.2) is 16.7 Å². The second-order valence-electron chi connectivity index (χ2n) is 5.33. The summed E-state index contributed by atoms with van der Waals surface area (Å²) in [5.41, 5.74) is 5.73. The molecule has 3 rings (SSSR count). The molecule has 8 heteroatoms. The fourth-order valence-corrected chi connectivity index (χ4v) is 2.98. The average Bonchev–Trinajstić information content (AvgIpc) is 2.97. The van der Waals surface area contributed by atoms with Crippen LogP contribution in [0.15, 0.2) is 0 Å². The van der Waals surface area contributed by atoms with Crippen molar-refractivity contribution >= 4 is 29.0 Å². The zero-order valence-electron chi connectivity index (χ0n) is 11.6. The first-order valence-corrected chi connectivity index (χ1v) is 7.88. The fraction of sp³-hybridized carbons (Fsp3) is 0.692. The van der Waals surface area contributed by atoms with Crippen LogP contribution in [0.5, 0.6) is 5.75 Å². The van der Waals surface area contributed by atoms with E-state index in [2.05, 4.69) is 14.9 Å². The van der Waals surface area contributed by atoms with E-state index in [9.17, 15) is 0 Å². The monoisotopic (exact) mass is 332 g/mol. The zero-order valence-corrected chi connectivity index (χ0v) is 13.1. The Kier molecular flexibility index (Phi) is 4.69. The van der Waals surface area contributed by atoms with E-state index in [1.54, 1.807) is 0 Å². The molecule has 0 radical (unpaired) electrons. The van der Waals surface area contributed by atoms with Gasteiger partial charge in [0.25, 0.3) is 0 Å². The Morgan fingerprint density at radius 3 is 2.67 bits per heavy atom. The van der Waals surface area contributed by atoms with Gasteiger partial charge in [-0.1, -0.05) is 11.6 Å². The van der Waals surface area contributed by atoms with Gasteiger partial charge in [-0.15, -0.1) is 0 Å². The first kappa shape index (κ1) is 15.1. The van der Waals surface area contributed by atoms with E-state index >= 15 is 0 Å². The summed E-state index contributed by atoms with van der Waals surface area (Å²) < 4.78 is 11.0. The van der Waals surface area contributed by atoms with Gasteiger partial charge in [-0.2, -0.15) is 4.98 Å². The maximum atomic E-state index is 6.17. The third-order valence-electron chi connectivity index (χ3n) is 3.89. The fourth-order valence-electron chi connectivity index (χ4n) is 2.56. The number of aromatic nitrogens is 2. The van der Waals surface area contributed by atoms with Gasteiger partial charge < -0.3 is 20.1 Å². The lowest BCUT2D eigenvalue weighted by Gasteiger charge is -2.33. The molecule has 2 aliphatic heterocycles. The van der Waals surface area contributed by atoms with Crippen molar-refractivity contribution in [2.75, 3.05) is 31.2 Å². The first-order valence-electron chi connectivity index (χ1n) is 7.13. The second-order valence-corrected chi connectivity index (χ2v) is 6.02. The van der Waals surface area contributed by atoms with Crippen molar-refractivity contribution in [1.82, 2.24) is 9.97 Å². The molecule has 0 spiro atoms. The number of anilines is 1. The summed E-state index contributed by atoms with van der Waals surface area (Å²) >= 11 is 12.1. The molecule has 0 saturated carbocycles. The van der Waals surface area contributed by atoms with E-state index < -0.39 is 0 Å². The predicted molar refractivity (Wildman–Crippen MR) is 81.0 cm³/mol. The van der Waals surface area contributed by atoms with Gasteiger partial charge in [-0.3, -0.25) is 0 Å². The van der Waals surface area contributed by atoms with Crippen LogP contribution in [-0.4, -0.2) is 42.5 Å². The number of ether oxygens (including phenoxy) is 2. The van der Waals surface area contributed by atoms with Gasteiger partial charge in [0.05, 0.1) is 13.2 Å². The van der Waals surface area contributed by atoms with E-state index in [0.29, 0.717) is 30.7 Å². The summed E-state index contributed by atoms with van der Waals surface area (Å²) in [6.07, 6.45) is 2.91. The lowest BCUT2D eigenvalue weighted by atomic mass is 10.0. The molecule has 1 aromatic rings. The quantitative estimate of drug-likeness (QED) is 0.657.